The lowest BCUT2D eigenvalue weighted by Crippen LogP contribution is -2.16. The zero-order valence-electron chi connectivity index (χ0n) is 62.4. The van der Waals surface area contributed by atoms with Gasteiger partial charge in [-0.3, -0.25) is 0 Å². The summed E-state index contributed by atoms with van der Waals surface area (Å²) < 4.78 is 0. The summed E-state index contributed by atoms with van der Waals surface area (Å²) in [5.41, 5.74) is 19.6. The van der Waals surface area contributed by atoms with Gasteiger partial charge in [0, 0.05) is 0 Å². The van der Waals surface area contributed by atoms with E-state index in [1.165, 1.54) is 144 Å². The van der Waals surface area contributed by atoms with Gasteiger partial charge in [0.25, 0.3) is 0 Å². The quantitative estimate of drug-likeness (QED) is 0.179. The minimum absolute atomic E-state index is 0. The molecule has 0 bridgehead atoms. The number of hydrogen-bond acceptors (Lipinski definition) is 0. The number of aryl methyl sites for hydroxylation is 10. The zero-order chi connectivity index (χ0) is 65.5. The van der Waals surface area contributed by atoms with Crippen molar-refractivity contribution in [2.45, 2.75) is 319 Å². The second-order valence-corrected chi connectivity index (χ2v) is 29.5. The van der Waals surface area contributed by atoms with Crippen molar-refractivity contribution in [3.8, 4) is 0 Å². The number of allylic oxidation sites excluding steroid dienone is 5. The summed E-state index contributed by atoms with van der Waals surface area (Å²) in [5.74, 6) is 11.1. The predicted molar refractivity (Wildman–Crippen MR) is 413 cm³/mol. The lowest BCUT2D eigenvalue weighted by molar-refractivity contribution is 0.233. The van der Waals surface area contributed by atoms with Crippen LogP contribution in [0.25, 0.3) is 6.08 Å². The SMILES string of the molecule is C.C.C.CC(C)C.CC1=CC(C)CCC1C.CC1CC(C)CC(C)C1.CC1CCC(C)C1C.CC=C(C)C.CC=Cc1cc(C)cc(C)c1.CCC(C)C.CCc1cc(C)cc(C)c1.Cc1cc(C)cc(C)c1.Cc1cc(C)cc(C2CCC(C)CC2)c1. The van der Waals surface area contributed by atoms with Crippen LogP contribution in [-0.4, -0.2) is 0 Å². The van der Waals surface area contributed by atoms with E-state index in [9.17, 15) is 0 Å². The Hall–Kier alpha value is -3.90. The summed E-state index contributed by atoms with van der Waals surface area (Å²) in [7, 11) is 0. The molecule has 4 aliphatic rings. The molecule has 0 saturated heterocycles. The smallest absolute Gasteiger partial charge is 0.0162 e. The maximum Gasteiger partial charge on any atom is -0.0162 e. The molecule has 88 heavy (non-hydrogen) atoms. The molecule has 0 spiro atoms. The fraction of sp³-hybridized carbons (Fsp3) is 0.659. The van der Waals surface area contributed by atoms with E-state index in [0.29, 0.717) is 0 Å². The molecule has 0 nitrogen and oxygen atoms in total. The molecule has 4 aromatic carbocycles. The number of rotatable bonds is 4. The number of hydrogen-bond donors (Lipinski definition) is 0. The first kappa shape index (κ1) is 92.8. The third kappa shape index (κ3) is 48.9. The van der Waals surface area contributed by atoms with E-state index >= 15 is 0 Å². The zero-order valence-corrected chi connectivity index (χ0v) is 62.4. The van der Waals surface area contributed by atoms with Crippen molar-refractivity contribution in [3.63, 3.8) is 0 Å². The van der Waals surface area contributed by atoms with Gasteiger partial charge >= 0.3 is 0 Å². The van der Waals surface area contributed by atoms with Gasteiger partial charge in [-0.2, -0.15) is 0 Å². The van der Waals surface area contributed by atoms with Crippen molar-refractivity contribution in [3.05, 3.63) is 169 Å². The minimum Gasteiger partial charge on any atom is -0.0890 e. The van der Waals surface area contributed by atoms with Gasteiger partial charge in [0.15, 0.2) is 0 Å². The highest BCUT2D eigenvalue weighted by Crippen LogP contribution is 2.37. The van der Waals surface area contributed by atoms with E-state index in [4.69, 9.17) is 0 Å². The summed E-state index contributed by atoms with van der Waals surface area (Å²) in [4.78, 5) is 0. The topological polar surface area (TPSA) is 0 Å². The van der Waals surface area contributed by atoms with Crippen LogP contribution < -0.4 is 0 Å². The molecule has 3 fully saturated rings. The average Bonchev–Trinajstić information content (AvgIpc) is 3.68. The minimum atomic E-state index is 0. The van der Waals surface area contributed by atoms with Crippen LogP contribution in [0.15, 0.2) is 102 Å². The van der Waals surface area contributed by atoms with Crippen LogP contribution in [0.1, 0.15) is 317 Å². The first-order chi connectivity index (χ1) is 39.6. The molecule has 0 radical (unpaired) electrons. The molecule has 4 atom stereocenters. The fourth-order valence-electron chi connectivity index (χ4n) is 12.0. The van der Waals surface area contributed by atoms with Crippen molar-refractivity contribution in [2.24, 2.45) is 65.1 Å². The molecule has 0 N–H and O–H groups in total. The van der Waals surface area contributed by atoms with Gasteiger partial charge in [-0.1, -0.05) is 323 Å². The summed E-state index contributed by atoms with van der Waals surface area (Å²) in [5, 5.41) is 0. The van der Waals surface area contributed by atoms with E-state index in [-0.39, 0.29) is 22.3 Å². The van der Waals surface area contributed by atoms with Crippen LogP contribution in [0.5, 0.6) is 0 Å². The second kappa shape index (κ2) is 52.7. The maximum absolute atomic E-state index is 2.41. The molecule has 508 valence electrons. The fourth-order valence-corrected chi connectivity index (χ4v) is 12.0. The van der Waals surface area contributed by atoms with Crippen molar-refractivity contribution < 1.29 is 0 Å². The van der Waals surface area contributed by atoms with Gasteiger partial charge in [0.2, 0.25) is 0 Å². The standard InChI is InChI=1S/C15H22.C11H14.C10H14.C9H18.C9H12.C9H16.C8H16.C5H12.C5H10.C4H10.3CH4/c1-11-4-6-14(7-5-11)15-9-12(2)8-13(3)10-15;1-4-5-11-7-9(2)6-10(3)8-11;1-4-10-6-8(2)5-9(3)7-10;2*1-7-4-8(2)6-9(3)5-7;1-7-4-5-8(2)9(3)6-7;1-6-4-5-7(2)8(6)3;2*1-4-5(2)3;1-4(2)3;;;/h8-11,14H,4-7H2,1-3H3;4-8H,1-3H3;5-7H,4H2,1-3H3;7-9H,4-6H2,1-3H3;4-6H,1-3H3;6-8H,4-5H2,1-3H3;6-8H,4-5H2,1-3H3;5H,4H2,1-3H3;4H,1-3H3;4H,1-3H3;3*1H4. The third-order valence-electron chi connectivity index (χ3n) is 17.5. The van der Waals surface area contributed by atoms with Crippen LogP contribution >= 0.6 is 0 Å². The molecule has 0 heteroatoms. The van der Waals surface area contributed by atoms with Gasteiger partial charge < -0.3 is 0 Å². The number of benzene rings is 4. The molecule has 8 rings (SSSR count). The largest absolute Gasteiger partial charge is 0.0890 e. The van der Waals surface area contributed by atoms with Gasteiger partial charge in [-0.15, -0.1) is 0 Å². The monoisotopic (exact) mass is 1210 g/mol. The molecule has 4 aromatic rings. The van der Waals surface area contributed by atoms with E-state index in [2.05, 4.69) is 291 Å². The summed E-state index contributed by atoms with van der Waals surface area (Å²) in [6, 6.07) is 26.9. The van der Waals surface area contributed by atoms with Crippen molar-refractivity contribution in [1.82, 2.24) is 0 Å². The van der Waals surface area contributed by atoms with E-state index in [1.807, 2.05) is 13.8 Å². The Labute approximate surface area is 556 Å². The van der Waals surface area contributed by atoms with Crippen molar-refractivity contribution >= 4 is 6.08 Å². The van der Waals surface area contributed by atoms with Gasteiger partial charge in [-0.25, -0.2) is 0 Å². The Morgan fingerprint density at radius 2 is 0.761 bits per heavy atom. The Morgan fingerprint density at radius 1 is 0.443 bits per heavy atom. The van der Waals surface area contributed by atoms with E-state index in [0.717, 1.165) is 77.4 Å². The van der Waals surface area contributed by atoms with E-state index in [1.54, 1.807) is 11.1 Å². The molecule has 0 heterocycles. The molecule has 0 aliphatic heterocycles. The first-order valence-electron chi connectivity index (χ1n) is 34.8. The van der Waals surface area contributed by atoms with Crippen LogP contribution in [0.2, 0.25) is 0 Å². The highest BCUT2D eigenvalue weighted by Gasteiger charge is 2.25. The van der Waals surface area contributed by atoms with Crippen LogP contribution in [0.4, 0.5) is 0 Å². The third-order valence-corrected chi connectivity index (χ3v) is 17.5. The summed E-state index contributed by atoms with van der Waals surface area (Å²) in [6.07, 6.45) is 26.8. The van der Waals surface area contributed by atoms with Crippen molar-refractivity contribution in [2.75, 3.05) is 0 Å². The maximum atomic E-state index is 2.41. The van der Waals surface area contributed by atoms with Crippen LogP contribution in [0.3, 0.4) is 0 Å². The molecule has 0 aromatic heterocycles. The lowest BCUT2D eigenvalue weighted by atomic mass is 9.78. The average molecular weight is 1210 g/mol. The molecular formula is C88H156. The molecule has 4 unspecified atom stereocenters. The second-order valence-electron chi connectivity index (χ2n) is 29.5. The van der Waals surface area contributed by atoms with Gasteiger partial charge in [-0.05, 0) is 236 Å². The molecular weight excluding hydrogens is 1060 g/mol. The summed E-state index contributed by atoms with van der Waals surface area (Å²) >= 11 is 0. The molecule has 0 amide bonds. The van der Waals surface area contributed by atoms with Gasteiger partial charge in [0.1, 0.15) is 0 Å². The predicted octanol–water partition coefficient (Wildman–Crippen LogP) is 29.8. The van der Waals surface area contributed by atoms with Crippen LogP contribution in [0, 0.1) is 127 Å². The Kier molecular flexibility index (Phi) is 55.6. The molecule has 3 saturated carbocycles. The van der Waals surface area contributed by atoms with E-state index < -0.39 is 0 Å². The lowest BCUT2D eigenvalue weighted by Gasteiger charge is -2.28. The van der Waals surface area contributed by atoms with Crippen molar-refractivity contribution in [1.29, 1.82) is 0 Å². The normalized spacial score (nSPS) is 22.0. The Balaban J connectivity index is -0.000000294. The molecule has 4 aliphatic carbocycles. The Bertz CT molecular complexity index is 2250. The van der Waals surface area contributed by atoms with Crippen LogP contribution in [-0.2, 0) is 6.42 Å². The first-order valence-corrected chi connectivity index (χ1v) is 34.8. The Morgan fingerprint density at radius 3 is 1.02 bits per heavy atom. The summed E-state index contributed by atoms with van der Waals surface area (Å²) in [6.45, 7) is 66.4. The van der Waals surface area contributed by atoms with Gasteiger partial charge in [0.05, 0.1) is 0 Å². The highest BCUT2D eigenvalue weighted by atomic mass is 14.3. The highest BCUT2D eigenvalue weighted by molar-refractivity contribution is 5.51.